The number of fused-ring (bicyclic) bond motifs is 1. The third-order valence-electron chi connectivity index (χ3n) is 4.38. The number of aromatic nitrogens is 2. The van der Waals surface area contributed by atoms with Crippen LogP contribution in [0, 0.1) is 5.92 Å². The first-order valence-corrected chi connectivity index (χ1v) is 7.22. The number of hydrogen-bond acceptors (Lipinski definition) is 3. The first kappa shape index (κ1) is 12.7. The summed E-state index contributed by atoms with van der Waals surface area (Å²) in [5, 5.41) is 7.56. The topological polar surface area (TPSA) is 50.2 Å². The van der Waals surface area contributed by atoms with Crippen LogP contribution in [0.15, 0.2) is 12.4 Å². The Morgan fingerprint density at radius 3 is 3.21 bits per heavy atom. The molecule has 0 radical (unpaired) electrons. The van der Waals surface area contributed by atoms with Gasteiger partial charge in [-0.05, 0) is 30.7 Å². The van der Waals surface area contributed by atoms with Gasteiger partial charge in [0.15, 0.2) is 0 Å². The van der Waals surface area contributed by atoms with E-state index < -0.39 is 0 Å². The Morgan fingerprint density at radius 1 is 1.53 bits per heavy atom. The number of nitrogens with zero attached hydrogens (tertiary/aromatic N) is 3. The third kappa shape index (κ3) is 2.66. The second-order valence-electron chi connectivity index (χ2n) is 5.74. The minimum absolute atomic E-state index is 0.308. The van der Waals surface area contributed by atoms with Gasteiger partial charge in [0.25, 0.3) is 0 Å². The van der Waals surface area contributed by atoms with Crippen molar-refractivity contribution >= 4 is 5.91 Å². The number of likely N-dealkylation sites (tertiary alicyclic amines) is 1. The lowest BCUT2D eigenvalue weighted by atomic mass is 9.91. The minimum atomic E-state index is 0.308. The lowest BCUT2D eigenvalue weighted by Crippen LogP contribution is -2.48. The van der Waals surface area contributed by atoms with Crippen molar-refractivity contribution < 1.29 is 4.79 Å². The Morgan fingerprint density at radius 2 is 2.42 bits per heavy atom. The fourth-order valence-corrected chi connectivity index (χ4v) is 3.37. The summed E-state index contributed by atoms with van der Waals surface area (Å²) in [5.41, 5.74) is 1.15. The zero-order chi connectivity index (χ0) is 13.2. The van der Waals surface area contributed by atoms with Gasteiger partial charge in [0, 0.05) is 45.3 Å². The predicted octanol–water partition coefficient (Wildman–Crippen LogP) is 0.563. The molecule has 1 aromatic rings. The van der Waals surface area contributed by atoms with E-state index in [1.54, 1.807) is 4.68 Å². The van der Waals surface area contributed by atoms with Gasteiger partial charge in [-0.15, -0.1) is 0 Å². The van der Waals surface area contributed by atoms with Gasteiger partial charge in [-0.25, -0.2) is 0 Å². The van der Waals surface area contributed by atoms with Crippen molar-refractivity contribution in [3.05, 3.63) is 18.0 Å². The maximum absolute atomic E-state index is 12.4. The molecule has 2 atom stereocenters. The highest BCUT2D eigenvalue weighted by molar-refractivity contribution is 5.77. The molecule has 3 heterocycles. The second kappa shape index (κ2) is 5.33. The maximum Gasteiger partial charge on any atom is 0.223 e. The molecule has 3 rings (SSSR count). The van der Waals surface area contributed by atoms with Crippen molar-refractivity contribution in [2.24, 2.45) is 13.0 Å². The van der Waals surface area contributed by atoms with E-state index in [1.165, 1.54) is 6.42 Å². The molecule has 0 unspecified atom stereocenters. The first-order chi connectivity index (χ1) is 9.24. The Bertz CT molecular complexity index is 456. The van der Waals surface area contributed by atoms with E-state index in [0.29, 0.717) is 24.3 Å². The van der Waals surface area contributed by atoms with Crippen molar-refractivity contribution in [2.75, 3.05) is 19.6 Å². The van der Waals surface area contributed by atoms with Crippen LogP contribution in [0.4, 0.5) is 0 Å². The summed E-state index contributed by atoms with van der Waals surface area (Å²) in [6.07, 6.45) is 7.67. The SMILES string of the molecule is Cn1cc(CCC(=O)N2CCC[C@H]3CNC[C@H]32)cn1. The average Bonchev–Trinajstić information content (AvgIpc) is 3.03. The van der Waals surface area contributed by atoms with Crippen molar-refractivity contribution in [1.82, 2.24) is 20.0 Å². The van der Waals surface area contributed by atoms with Gasteiger partial charge in [-0.3, -0.25) is 9.48 Å². The zero-order valence-electron chi connectivity index (χ0n) is 11.5. The molecule has 0 aliphatic carbocycles. The van der Waals surface area contributed by atoms with Crippen LogP contribution in [0.3, 0.4) is 0 Å². The van der Waals surface area contributed by atoms with Gasteiger partial charge in [0.2, 0.25) is 5.91 Å². The van der Waals surface area contributed by atoms with Crippen LogP contribution in [0.5, 0.6) is 0 Å². The number of carbonyl (C=O) groups excluding carboxylic acids is 1. The summed E-state index contributed by atoms with van der Waals surface area (Å²) in [7, 11) is 1.91. The third-order valence-corrected chi connectivity index (χ3v) is 4.38. The quantitative estimate of drug-likeness (QED) is 0.866. The lowest BCUT2D eigenvalue weighted by molar-refractivity contribution is -0.135. The molecule has 1 aromatic heterocycles. The van der Waals surface area contributed by atoms with Crippen molar-refractivity contribution in [3.63, 3.8) is 0 Å². The fraction of sp³-hybridized carbons (Fsp3) is 0.714. The van der Waals surface area contributed by atoms with E-state index in [0.717, 1.165) is 38.0 Å². The molecule has 0 saturated carbocycles. The molecular weight excluding hydrogens is 240 g/mol. The highest BCUT2D eigenvalue weighted by atomic mass is 16.2. The highest BCUT2D eigenvalue weighted by Gasteiger charge is 2.36. The van der Waals surface area contributed by atoms with Gasteiger partial charge < -0.3 is 10.2 Å². The van der Waals surface area contributed by atoms with Crippen molar-refractivity contribution in [3.8, 4) is 0 Å². The van der Waals surface area contributed by atoms with E-state index in [1.807, 2.05) is 19.4 Å². The molecule has 0 aromatic carbocycles. The summed E-state index contributed by atoms with van der Waals surface area (Å²) < 4.78 is 1.79. The molecule has 2 aliphatic heterocycles. The Hall–Kier alpha value is -1.36. The van der Waals surface area contributed by atoms with E-state index in [9.17, 15) is 4.79 Å². The van der Waals surface area contributed by atoms with Crippen LogP contribution >= 0.6 is 0 Å². The molecule has 2 saturated heterocycles. The summed E-state index contributed by atoms with van der Waals surface area (Å²) in [6.45, 7) is 3.00. The standard InChI is InChI=1S/C14H22N4O/c1-17-10-11(7-16-17)4-5-14(19)18-6-2-3-12-8-15-9-13(12)18/h7,10,12-13,15H,2-6,8-9H2,1H3/t12-,13+/m0/s1. The van der Waals surface area contributed by atoms with E-state index in [2.05, 4.69) is 15.3 Å². The molecule has 5 nitrogen and oxygen atoms in total. The summed E-state index contributed by atoms with van der Waals surface area (Å²) in [5.74, 6) is 0.985. The number of nitrogens with one attached hydrogen (secondary N) is 1. The molecule has 5 heteroatoms. The minimum Gasteiger partial charge on any atom is -0.338 e. The van der Waals surface area contributed by atoms with E-state index in [4.69, 9.17) is 0 Å². The monoisotopic (exact) mass is 262 g/mol. The van der Waals surface area contributed by atoms with Crippen molar-refractivity contribution in [2.45, 2.75) is 31.7 Å². The van der Waals surface area contributed by atoms with E-state index >= 15 is 0 Å². The summed E-state index contributed by atoms with van der Waals surface area (Å²) >= 11 is 0. The highest BCUT2D eigenvalue weighted by Crippen LogP contribution is 2.27. The van der Waals surface area contributed by atoms with Crippen molar-refractivity contribution in [1.29, 1.82) is 0 Å². The van der Waals surface area contributed by atoms with Gasteiger partial charge in [0.1, 0.15) is 0 Å². The molecule has 1 amide bonds. The zero-order valence-corrected chi connectivity index (χ0v) is 11.5. The fourth-order valence-electron chi connectivity index (χ4n) is 3.37. The number of aryl methyl sites for hydroxylation is 2. The van der Waals surface area contributed by atoms with Crippen LogP contribution < -0.4 is 5.32 Å². The smallest absolute Gasteiger partial charge is 0.223 e. The summed E-state index contributed by atoms with van der Waals surface area (Å²) in [6, 6.07) is 0.440. The second-order valence-corrected chi connectivity index (χ2v) is 5.74. The predicted molar refractivity (Wildman–Crippen MR) is 72.6 cm³/mol. The average molecular weight is 262 g/mol. The lowest BCUT2D eigenvalue weighted by Gasteiger charge is -2.37. The maximum atomic E-state index is 12.4. The van der Waals surface area contributed by atoms with Crippen LogP contribution in [0.2, 0.25) is 0 Å². The molecule has 0 spiro atoms. The van der Waals surface area contributed by atoms with Gasteiger partial charge in [0.05, 0.1) is 6.20 Å². The van der Waals surface area contributed by atoms with Crippen LogP contribution in [0.1, 0.15) is 24.8 Å². The number of carbonyl (C=O) groups is 1. The Balaban J connectivity index is 1.57. The normalized spacial score (nSPS) is 26.5. The Kier molecular flexibility index (Phi) is 3.55. The van der Waals surface area contributed by atoms with Crippen LogP contribution in [0.25, 0.3) is 0 Å². The molecule has 104 valence electrons. The molecule has 0 bridgehead atoms. The molecule has 19 heavy (non-hydrogen) atoms. The van der Waals surface area contributed by atoms with Gasteiger partial charge in [-0.2, -0.15) is 5.10 Å². The van der Waals surface area contributed by atoms with Crippen LogP contribution in [-0.2, 0) is 18.3 Å². The number of amides is 1. The van der Waals surface area contributed by atoms with Gasteiger partial charge in [-0.1, -0.05) is 0 Å². The van der Waals surface area contributed by atoms with Crippen LogP contribution in [-0.4, -0.2) is 46.3 Å². The summed E-state index contributed by atoms with van der Waals surface area (Å²) in [4.78, 5) is 14.5. The Labute approximate surface area is 114 Å². The molecule has 1 N–H and O–H groups in total. The number of hydrogen-bond donors (Lipinski definition) is 1. The van der Waals surface area contributed by atoms with Gasteiger partial charge >= 0.3 is 0 Å². The largest absolute Gasteiger partial charge is 0.338 e. The molecule has 2 aliphatic rings. The number of piperidine rings is 1. The first-order valence-electron chi connectivity index (χ1n) is 7.22. The molecular formula is C14H22N4O. The van der Waals surface area contributed by atoms with E-state index in [-0.39, 0.29) is 0 Å². The number of rotatable bonds is 3. The molecule has 2 fully saturated rings.